The van der Waals surface area contributed by atoms with E-state index in [1.807, 2.05) is 78.9 Å². The zero-order valence-electron chi connectivity index (χ0n) is 40.4. The van der Waals surface area contributed by atoms with Crippen molar-refractivity contribution in [1.82, 2.24) is 19.1 Å². The molecule has 7 atom stereocenters. The first-order valence-corrected chi connectivity index (χ1v) is 27.1. The maximum absolute atomic E-state index is 15.1. The van der Waals surface area contributed by atoms with Gasteiger partial charge < -0.3 is 32.6 Å². The van der Waals surface area contributed by atoms with Gasteiger partial charge in [-0.3, -0.25) is 37.8 Å². The summed E-state index contributed by atoms with van der Waals surface area (Å²) >= 11 is 0. The summed E-state index contributed by atoms with van der Waals surface area (Å²) in [6.07, 6.45) is -2.37. The number of rotatable bonds is 18. The van der Waals surface area contributed by atoms with Crippen LogP contribution in [0.5, 0.6) is 11.5 Å². The molecule has 0 radical (unpaired) electrons. The largest absolute Gasteiger partial charge is 0.497 e. The first-order valence-electron chi connectivity index (χ1n) is 22.6. The minimum absolute atomic E-state index is 0.0330. The van der Waals surface area contributed by atoms with E-state index in [4.69, 9.17) is 37.2 Å². The van der Waals surface area contributed by atoms with Crippen molar-refractivity contribution in [1.29, 1.82) is 0 Å². The molecule has 0 saturated carbocycles. The fraction of sp³-hybridized carbons (Fsp3) is 0.420. The van der Waals surface area contributed by atoms with Crippen LogP contribution in [0.1, 0.15) is 73.9 Å². The second-order valence-electron chi connectivity index (χ2n) is 18.7. The van der Waals surface area contributed by atoms with Crippen LogP contribution in [0.2, 0.25) is 18.1 Å². The van der Waals surface area contributed by atoms with Crippen LogP contribution in [0.15, 0.2) is 129 Å². The molecule has 4 heterocycles. The van der Waals surface area contributed by atoms with Crippen LogP contribution in [-0.4, -0.2) is 79.3 Å². The van der Waals surface area contributed by atoms with Gasteiger partial charge in [-0.25, -0.2) is 9.59 Å². The maximum atomic E-state index is 15.1. The molecule has 2 fully saturated rings. The zero-order chi connectivity index (χ0) is 49.9. The highest BCUT2D eigenvalue weighted by molar-refractivity contribution is 7.57. The van der Waals surface area contributed by atoms with Gasteiger partial charge in [-0.2, -0.15) is 0 Å². The average molecular weight is 985 g/mol. The number of H-pyrrole nitrogens is 2. The number of hydrogen-bond donors (Lipinski definition) is 2. The molecule has 0 bridgehead atoms. The SMILES string of the molecule is C=C=CP(=O)(OC[C@H]1O[C@@H](n2cc(C)c(=O)[nH]c2=O)C[C@@H]1O[Si](C)(C)C(C)(C)C)O[C@H]1C[C@H](n2cc(C)c(=O)[nH]c2=O)O[C@@H]1COC(c1ccccc1)(c1ccc(OC)cc1)c1ccc(OC)cc1. The first kappa shape index (κ1) is 51.2. The molecule has 2 N–H and O–H groups in total. The Morgan fingerprint density at radius 3 is 1.67 bits per heavy atom. The Morgan fingerprint density at radius 1 is 0.739 bits per heavy atom. The molecule has 17 nitrogen and oxygen atoms in total. The standard InChI is InChI=1S/C50H61N4O13PSi/c1-11-25-68(59,63-31-42-40(67-69(9,10)49(4,5)6)27-44(65-42)54-29-33(3)46(56)52-48(54)58)66-39-26-43(53-28-32(2)45(55)51-47(53)57)64-41(39)30-62-50(34-15-13-12-14-16-34,35-17-21-37(60-7)22-18-35)36-19-23-38(61-8)24-20-36/h12-25,28-29,39-44H,1,26-27,30-31H2,2-10H3,(H,51,55,57)(H,52,56,58)/t39-,40-,41+,42+,43+,44+,68?/m0/s1. The summed E-state index contributed by atoms with van der Waals surface area (Å²) in [5.74, 6) is 2.38. The van der Waals surface area contributed by atoms with E-state index in [0.717, 1.165) is 22.5 Å². The third-order valence-corrected chi connectivity index (χ3v) is 19.2. The first-order chi connectivity index (χ1) is 32.7. The summed E-state index contributed by atoms with van der Waals surface area (Å²) in [7, 11) is -3.63. The van der Waals surface area contributed by atoms with E-state index in [9.17, 15) is 19.2 Å². The van der Waals surface area contributed by atoms with E-state index in [2.05, 4.69) is 56.1 Å². The lowest BCUT2D eigenvalue weighted by molar-refractivity contribution is -0.0931. The number of aromatic nitrogens is 4. The van der Waals surface area contributed by atoms with Crippen LogP contribution >= 0.6 is 7.60 Å². The van der Waals surface area contributed by atoms with E-state index in [1.54, 1.807) is 28.1 Å². The zero-order valence-corrected chi connectivity index (χ0v) is 42.3. The molecule has 69 heavy (non-hydrogen) atoms. The van der Waals surface area contributed by atoms with Crippen molar-refractivity contribution >= 4 is 15.9 Å². The van der Waals surface area contributed by atoms with E-state index in [-0.39, 0.29) is 36.7 Å². The molecule has 5 aromatic rings. The van der Waals surface area contributed by atoms with E-state index in [1.165, 1.54) is 21.5 Å². The number of nitrogens with one attached hydrogen (secondary N) is 2. The van der Waals surface area contributed by atoms with Gasteiger partial charge in [-0.1, -0.05) is 81.9 Å². The van der Waals surface area contributed by atoms with Gasteiger partial charge in [0.1, 0.15) is 47.9 Å². The van der Waals surface area contributed by atoms with Crippen LogP contribution in [0.3, 0.4) is 0 Å². The molecule has 3 aromatic carbocycles. The Morgan fingerprint density at radius 2 is 1.20 bits per heavy atom. The van der Waals surface area contributed by atoms with Gasteiger partial charge in [0.2, 0.25) is 0 Å². The van der Waals surface area contributed by atoms with E-state index >= 15 is 4.57 Å². The van der Waals surface area contributed by atoms with Crippen molar-refractivity contribution in [3.63, 3.8) is 0 Å². The average Bonchev–Trinajstić information content (AvgIpc) is 3.91. The molecular weight excluding hydrogens is 924 g/mol. The highest BCUT2D eigenvalue weighted by Crippen LogP contribution is 2.54. The number of aryl methyl sites for hydroxylation is 2. The van der Waals surface area contributed by atoms with Gasteiger partial charge in [0.15, 0.2) is 8.32 Å². The van der Waals surface area contributed by atoms with Crippen LogP contribution in [0.4, 0.5) is 0 Å². The molecule has 368 valence electrons. The van der Waals surface area contributed by atoms with Crippen LogP contribution in [0, 0.1) is 13.8 Å². The van der Waals surface area contributed by atoms with Gasteiger partial charge in [0, 0.05) is 36.4 Å². The lowest BCUT2D eigenvalue weighted by atomic mass is 9.80. The van der Waals surface area contributed by atoms with Gasteiger partial charge in [-0.15, -0.1) is 5.73 Å². The van der Waals surface area contributed by atoms with Crippen LogP contribution in [0.25, 0.3) is 0 Å². The van der Waals surface area contributed by atoms with Crippen molar-refractivity contribution < 1.29 is 41.7 Å². The maximum Gasteiger partial charge on any atom is 0.362 e. The summed E-state index contributed by atoms with van der Waals surface area (Å²) in [5, 5.41) is -0.201. The predicted octanol–water partition coefficient (Wildman–Crippen LogP) is 7.59. The van der Waals surface area contributed by atoms with Gasteiger partial charge in [0.05, 0.1) is 39.4 Å². The molecule has 7 rings (SSSR count). The normalized spacial score (nSPS) is 21.6. The van der Waals surface area contributed by atoms with Gasteiger partial charge in [-0.05, 0) is 72.9 Å². The van der Waals surface area contributed by atoms with Gasteiger partial charge in [0.25, 0.3) is 11.1 Å². The number of nitrogens with zero attached hydrogens (tertiary/aromatic N) is 2. The minimum Gasteiger partial charge on any atom is -0.497 e. The Hall–Kier alpha value is -5.65. The monoisotopic (exact) mass is 984 g/mol. The Balaban J connectivity index is 1.25. The van der Waals surface area contributed by atoms with Crippen molar-refractivity contribution in [2.24, 2.45) is 0 Å². The molecular formula is C50H61N4O13PSi. The molecule has 0 amide bonds. The molecule has 0 aliphatic carbocycles. The number of aromatic amines is 2. The smallest absolute Gasteiger partial charge is 0.362 e. The quantitative estimate of drug-likeness (QED) is 0.0377. The van der Waals surface area contributed by atoms with Crippen LogP contribution < -0.4 is 32.0 Å². The molecule has 2 aromatic heterocycles. The molecule has 2 aliphatic rings. The molecule has 2 aliphatic heterocycles. The van der Waals surface area contributed by atoms with Crippen LogP contribution in [-0.2, 0) is 37.9 Å². The second kappa shape index (κ2) is 20.7. The minimum atomic E-state index is -4.34. The summed E-state index contributed by atoms with van der Waals surface area (Å²) in [5.41, 5.74) is 1.71. The Kier molecular flexibility index (Phi) is 15.4. The predicted molar refractivity (Wildman–Crippen MR) is 262 cm³/mol. The van der Waals surface area contributed by atoms with Crippen molar-refractivity contribution in [3.8, 4) is 11.5 Å². The number of methoxy groups -OCH3 is 2. The molecule has 2 saturated heterocycles. The number of hydrogen-bond acceptors (Lipinski definition) is 13. The van der Waals surface area contributed by atoms with Gasteiger partial charge >= 0.3 is 19.0 Å². The Bertz CT molecular complexity index is 2890. The summed E-state index contributed by atoms with van der Waals surface area (Å²) < 4.78 is 68.6. The summed E-state index contributed by atoms with van der Waals surface area (Å²) in [6.45, 7) is 16.8. The highest BCUT2D eigenvalue weighted by atomic mass is 31.2. The fourth-order valence-electron chi connectivity index (χ4n) is 8.29. The molecule has 19 heteroatoms. The highest BCUT2D eigenvalue weighted by Gasteiger charge is 2.48. The lowest BCUT2D eigenvalue weighted by Crippen LogP contribution is -2.46. The Labute approximate surface area is 401 Å². The summed E-state index contributed by atoms with van der Waals surface area (Å²) in [4.78, 5) is 55.9. The molecule has 0 spiro atoms. The van der Waals surface area contributed by atoms with Crippen molar-refractivity contribution in [2.45, 2.75) is 108 Å². The third-order valence-electron chi connectivity index (χ3n) is 13.1. The van der Waals surface area contributed by atoms with E-state index < -0.39 is 80.9 Å². The fourth-order valence-corrected chi connectivity index (χ4v) is 11.0. The summed E-state index contributed by atoms with van der Waals surface area (Å²) in [6, 6.07) is 24.6. The topological polar surface area (TPSA) is 201 Å². The number of ether oxygens (including phenoxy) is 5. The van der Waals surface area contributed by atoms with Crippen molar-refractivity contribution in [3.05, 3.63) is 179 Å². The number of benzene rings is 3. The lowest BCUT2D eigenvalue weighted by Gasteiger charge is -2.39. The van der Waals surface area contributed by atoms with E-state index in [0.29, 0.717) is 17.1 Å². The third kappa shape index (κ3) is 11.0. The second-order valence-corrected chi connectivity index (χ2v) is 25.3. The van der Waals surface area contributed by atoms with Crippen molar-refractivity contribution in [2.75, 3.05) is 27.4 Å². The molecule has 1 unspecified atom stereocenters.